The van der Waals surface area contributed by atoms with Crippen molar-refractivity contribution in [1.29, 1.82) is 0 Å². The van der Waals surface area contributed by atoms with Crippen molar-refractivity contribution in [3.63, 3.8) is 0 Å². The van der Waals surface area contributed by atoms with Crippen molar-refractivity contribution in [1.82, 2.24) is 5.16 Å². The molecule has 2 heterocycles. The Labute approximate surface area is 185 Å². The standard InChI is InChI=1S/C19H16ClFN2O6S2/c1-3-7-31(26,27)12-8-30-17(18(22)24)16(12)28-19(25)13-9(2)29-23-15(13)14-10(20)5-4-6-11(14)21/h4-6,8H,3,7H2,1-2H3,(H2,22,24). The van der Waals surface area contributed by atoms with Gasteiger partial charge >= 0.3 is 5.97 Å². The van der Waals surface area contributed by atoms with Gasteiger partial charge in [-0.15, -0.1) is 11.3 Å². The molecular weight excluding hydrogens is 471 g/mol. The summed E-state index contributed by atoms with van der Waals surface area (Å²) in [5, 5.41) is 4.87. The van der Waals surface area contributed by atoms with Crippen molar-refractivity contribution in [3.8, 4) is 17.0 Å². The van der Waals surface area contributed by atoms with Crippen molar-refractivity contribution in [3.05, 3.63) is 50.6 Å². The van der Waals surface area contributed by atoms with Crippen molar-refractivity contribution >= 4 is 44.7 Å². The minimum atomic E-state index is -3.85. The average molecular weight is 487 g/mol. The molecule has 0 spiro atoms. The van der Waals surface area contributed by atoms with Crippen LogP contribution in [0.15, 0.2) is 33.0 Å². The van der Waals surface area contributed by atoms with Crippen molar-refractivity contribution < 1.29 is 31.7 Å². The lowest BCUT2D eigenvalue weighted by atomic mass is 10.1. The summed E-state index contributed by atoms with van der Waals surface area (Å²) in [6.45, 7) is 3.05. The SMILES string of the molecule is CCCS(=O)(=O)c1csc(C(N)=O)c1OC(=O)c1c(-c2c(F)cccc2Cl)noc1C. The van der Waals surface area contributed by atoms with Crippen LogP contribution in [-0.2, 0) is 9.84 Å². The first-order valence-corrected chi connectivity index (χ1v) is 11.8. The number of aromatic nitrogens is 1. The maximum Gasteiger partial charge on any atom is 0.349 e. The summed E-state index contributed by atoms with van der Waals surface area (Å²) in [5.41, 5.74) is 4.64. The van der Waals surface area contributed by atoms with E-state index in [0.717, 1.165) is 17.4 Å². The van der Waals surface area contributed by atoms with Gasteiger partial charge in [0.25, 0.3) is 5.91 Å². The van der Waals surface area contributed by atoms with Crippen LogP contribution < -0.4 is 10.5 Å². The second-order valence-electron chi connectivity index (χ2n) is 6.39. The zero-order valence-electron chi connectivity index (χ0n) is 16.3. The Balaban J connectivity index is 2.12. The number of carbonyl (C=O) groups excluding carboxylic acids is 2. The van der Waals surface area contributed by atoms with Crippen molar-refractivity contribution in [2.45, 2.75) is 25.2 Å². The van der Waals surface area contributed by atoms with Crippen LogP contribution in [0.3, 0.4) is 0 Å². The van der Waals surface area contributed by atoms with E-state index < -0.39 is 33.3 Å². The molecule has 1 aromatic carbocycles. The molecule has 2 N–H and O–H groups in total. The first-order chi connectivity index (χ1) is 14.6. The average Bonchev–Trinajstić information content (AvgIpc) is 3.26. The van der Waals surface area contributed by atoms with Crippen LogP contribution in [0.25, 0.3) is 11.3 Å². The maximum atomic E-state index is 14.4. The van der Waals surface area contributed by atoms with Crippen LogP contribution in [0.5, 0.6) is 5.75 Å². The first kappa shape index (κ1) is 22.9. The number of sulfone groups is 1. The monoisotopic (exact) mass is 486 g/mol. The molecule has 0 saturated heterocycles. The number of amides is 1. The quantitative estimate of drug-likeness (QED) is 0.499. The van der Waals surface area contributed by atoms with Gasteiger partial charge in [0, 0.05) is 5.38 Å². The Hall–Kier alpha value is -2.76. The topological polar surface area (TPSA) is 130 Å². The molecular formula is C19H16ClFN2O6S2. The van der Waals surface area contributed by atoms with Crippen LogP contribution in [-0.4, -0.2) is 31.2 Å². The van der Waals surface area contributed by atoms with Crippen LogP contribution >= 0.6 is 22.9 Å². The van der Waals surface area contributed by atoms with E-state index >= 15 is 0 Å². The number of nitrogens with two attached hydrogens (primary N) is 1. The molecule has 0 aliphatic rings. The fourth-order valence-electron chi connectivity index (χ4n) is 2.84. The predicted molar refractivity (Wildman–Crippen MR) is 112 cm³/mol. The van der Waals surface area contributed by atoms with Crippen LogP contribution in [0.2, 0.25) is 5.02 Å². The summed E-state index contributed by atoms with van der Waals surface area (Å²) in [4.78, 5) is 24.2. The number of hydrogen-bond donors (Lipinski definition) is 1. The van der Waals surface area contributed by atoms with Gasteiger partial charge in [0.05, 0.1) is 16.3 Å². The smallest absolute Gasteiger partial charge is 0.349 e. The third-order valence-electron chi connectivity index (χ3n) is 4.21. The van der Waals surface area contributed by atoms with Gasteiger partial charge < -0.3 is 15.0 Å². The number of carbonyl (C=O) groups is 2. The van der Waals surface area contributed by atoms with E-state index in [4.69, 9.17) is 26.6 Å². The van der Waals surface area contributed by atoms with Gasteiger partial charge in [-0.1, -0.05) is 29.7 Å². The number of thiophene rings is 1. The Morgan fingerprint density at radius 3 is 2.68 bits per heavy atom. The van der Waals surface area contributed by atoms with Gasteiger partial charge in [0.15, 0.2) is 15.6 Å². The maximum absolute atomic E-state index is 14.4. The summed E-state index contributed by atoms with van der Waals surface area (Å²) in [7, 11) is -3.85. The molecule has 164 valence electrons. The Morgan fingerprint density at radius 2 is 2.06 bits per heavy atom. The molecule has 0 aliphatic heterocycles. The third kappa shape index (κ3) is 4.34. The van der Waals surface area contributed by atoms with E-state index in [2.05, 4.69) is 5.16 Å². The number of ether oxygens (including phenoxy) is 1. The zero-order chi connectivity index (χ0) is 22.9. The molecule has 0 saturated carbocycles. The number of aryl methyl sites for hydroxylation is 1. The summed E-state index contributed by atoms with van der Waals surface area (Å²) in [6, 6.07) is 3.90. The molecule has 0 bridgehead atoms. The highest BCUT2D eigenvalue weighted by Crippen LogP contribution is 2.38. The fourth-order valence-corrected chi connectivity index (χ4v) is 5.78. The normalized spacial score (nSPS) is 11.5. The molecule has 1 amide bonds. The molecule has 8 nitrogen and oxygen atoms in total. The molecule has 0 aliphatic carbocycles. The first-order valence-electron chi connectivity index (χ1n) is 8.85. The van der Waals surface area contributed by atoms with Crippen LogP contribution in [0, 0.1) is 12.7 Å². The number of rotatable bonds is 7. The van der Waals surface area contributed by atoms with Crippen LogP contribution in [0.4, 0.5) is 4.39 Å². The highest BCUT2D eigenvalue weighted by atomic mass is 35.5. The van der Waals surface area contributed by atoms with E-state index in [0.29, 0.717) is 6.42 Å². The van der Waals surface area contributed by atoms with E-state index in [1.807, 2.05) is 0 Å². The van der Waals surface area contributed by atoms with E-state index in [1.165, 1.54) is 24.4 Å². The fraction of sp³-hybridized carbons (Fsp3) is 0.211. The van der Waals surface area contributed by atoms with Gasteiger partial charge in [-0.05, 0) is 25.5 Å². The second kappa shape index (κ2) is 8.77. The Morgan fingerprint density at radius 1 is 1.35 bits per heavy atom. The van der Waals surface area contributed by atoms with Gasteiger partial charge in [0.2, 0.25) is 0 Å². The molecule has 31 heavy (non-hydrogen) atoms. The van der Waals surface area contributed by atoms with Crippen molar-refractivity contribution in [2.75, 3.05) is 5.75 Å². The third-order valence-corrected chi connectivity index (χ3v) is 7.57. The molecule has 3 rings (SSSR count). The van der Waals surface area contributed by atoms with Gasteiger partial charge in [0.1, 0.15) is 32.6 Å². The second-order valence-corrected chi connectivity index (χ2v) is 9.75. The lowest BCUT2D eigenvalue weighted by Crippen LogP contribution is -2.17. The summed E-state index contributed by atoms with van der Waals surface area (Å²) < 4.78 is 49.9. The lowest BCUT2D eigenvalue weighted by molar-refractivity contribution is 0.0728. The predicted octanol–water partition coefficient (Wildman–Crippen LogP) is 4.01. The Bertz CT molecular complexity index is 1260. The van der Waals surface area contributed by atoms with E-state index in [9.17, 15) is 22.4 Å². The molecule has 0 unspecified atom stereocenters. The van der Waals surface area contributed by atoms with Crippen LogP contribution in [0.1, 0.15) is 39.1 Å². The molecule has 0 fully saturated rings. The molecule has 3 aromatic rings. The molecule has 0 radical (unpaired) electrons. The minimum absolute atomic E-state index is 0.0202. The molecule has 12 heteroatoms. The molecule has 2 aromatic heterocycles. The number of hydrogen-bond acceptors (Lipinski definition) is 8. The van der Waals surface area contributed by atoms with Gasteiger partial charge in [-0.2, -0.15) is 0 Å². The minimum Gasteiger partial charge on any atom is -0.420 e. The number of primary amides is 1. The van der Waals surface area contributed by atoms with E-state index in [1.54, 1.807) is 6.92 Å². The summed E-state index contributed by atoms with van der Waals surface area (Å²) in [6.07, 6.45) is 0.304. The molecule has 0 atom stereocenters. The highest BCUT2D eigenvalue weighted by molar-refractivity contribution is 7.91. The summed E-state index contributed by atoms with van der Waals surface area (Å²) >= 11 is 6.80. The lowest BCUT2D eigenvalue weighted by Gasteiger charge is -2.09. The summed E-state index contributed by atoms with van der Waals surface area (Å²) in [5.74, 6) is -3.56. The zero-order valence-corrected chi connectivity index (χ0v) is 18.7. The number of nitrogens with zero attached hydrogens (tertiary/aromatic N) is 1. The highest BCUT2D eigenvalue weighted by Gasteiger charge is 2.32. The van der Waals surface area contributed by atoms with E-state index in [-0.39, 0.29) is 43.1 Å². The number of benzene rings is 1. The van der Waals surface area contributed by atoms with Gasteiger partial charge in [-0.3, -0.25) is 4.79 Å². The largest absolute Gasteiger partial charge is 0.420 e. The Kier molecular flexibility index (Phi) is 6.48. The number of halogens is 2. The van der Waals surface area contributed by atoms with Crippen molar-refractivity contribution in [2.24, 2.45) is 5.73 Å². The number of esters is 1. The van der Waals surface area contributed by atoms with Gasteiger partial charge in [-0.25, -0.2) is 17.6 Å².